The largest absolute Gasteiger partial charge is 0.355 e. The number of hydrogen-bond donors (Lipinski definition) is 2. The van der Waals surface area contributed by atoms with Gasteiger partial charge in [-0.25, -0.2) is 0 Å². The summed E-state index contributed by atoms with van der Waals surface area (Å²) < 4.78 is 0. The lowest BCUT2D eigenvalue weighted by Gasteiger charge is -2.20. The van der Waals surface area contributed by atoms with E-state index in [2.05, 4.69) is 5.32 Å². The predicted octanol–water partition coefficient (Wildman–Crippen LogP) is 0.281. The van der Waals surface area contributed by atoms with E-state index in [-0.39, 0.29) is 18.4 Å². The fourth-order valence-electron chi connectivity index (χ4n) is 1.59. The molecule has 0 aliphatic carbocycles. The van der Waals surface area contributed by atoms with E-state index in [9.17, 15) is 9.59 Å². The molecule has 0 saturated heterocycles. The van der Waals surface area contributed by atoms with Gasteiger partial charge in [0, 0.05) is 13.6 Å². The number of nitrogens with one attached hydrogen (secondary N) is 1. The molecule has 5 nitrogen and oxygen atoms in total. The molecule has 0 spiro atoms. The first kappa shape index (κ1) is 14.2. The summed E-state index contributed by atoms with van der Waals surface area (Å²) in [6.45, 7) is 2.40. The molecule has 0 saturated carbocycles. The molecule has 0 aliphatic rings. The number of benzene rings is 1. The van der Waals surface area contributed by atoms with Gasteiger partial charge in [-0.3, -0.25) is 9.59 Å². The molecule has 98 valence electrons. The number of likely N-dealkylation sites (N-methyl/N-ethyl adjacent to an activating group) is 2. The molecule has 5 heteroatoms. The Morgan fingerprint density at radius 3 is 2.50 bits per heavy atom. The Kier molecular flexibility index (Phi) is 5.32. The van der Waals surface area contributed by atoms with Gasteiger partial charge in [-0.1, -0.05) is 30.3 Å². The third-order valence-electron chi connectivity index (χ3n) is 2.56. The molecule has 0 bridgehead atoms. The van der Waals surface area contributed by atoms with Crippen molar-refractivity contribution in [2.75, 3.05) is 20.1 Å². The third kappa shape index (κ3) is 3.85. The summed E-state index contributed by atoms with van der Waals surface area (Å²) in [6, 6.07) is 8.37. The topological polar surface area (TPSA) is 75.4 Å². The Labute approximate surface area is 107 Å². The monoisotopic (exact) mass is 249 g/mol. The summed E-state index contributed by atoms with van der Waals surface area (Å²) in [5.74, 6) is -0.457. The Hall–Kier alpha value is -1.88. The summed E-state index contributed by atoms with van der Waals surface area (Å²) in [5, 5.41) is 2.64. The van der Waals surface area contributed by atoms with Gasteiger partial charge in [0.15, 0.2) is 0 Å². The van der Waals surface area contributed by atoms with E-state index in [4.69, 9.17) is 5.73 Å². The molecular formula is C13H19N3O2. The van der Waals surface area contributed by atoms with E-state index in [0.717, 1.165) is 5.56 Å². The number of nitrogens with two attached hydrogens (primary N) is 1. The van der Waals surface area contributed by atoms with E-state index < -0.39 is 6.04 Å². The van der Waals surface area contributed by atoms with Gasteiger partial charge < -0.3 is 16.0 Å². The lowest BCUT2D eigenvalue weighted by atomic mass is 10.1. The van der Waals surface area contributed by atoms with E-state index >= 15 is 0 Å². The first-order chi connectivity index (χ1) is 8.56. The van der Waals surface area contributed by atoms with Crippen molar-refractivity contribution < 1.29 is 9.59 Å². The molecule has 3 N–H and O–H groups in total. The predicted molar refractivity (Wildman–Crippen MR) is 69.7 cm³/mol. The van der Waals surface area contributed by atoms with Crippen LogP contribution >= 0.6 is 0 Å². The Balaban J connectivity index is 2.61. The normalized spacial score (nSPS) is 11.7. The van der Waals surface area contributed by atoms with Gasteiger partial charge in [-0.2, -0.15) is 0 Å². The van der Waals surface area contributed by atoms with E-state index in [1.54, 1.807) is 19.2 Å². The van der Waals surface area contributed by atoms with E-state index in [1.807, 2.05) is 25.1 Å². The maximum absolute atomic E-state index is 12.0. The van der Waals surface area contributed by atoms with E-state index in [0.29, 0.717) is 6.54 Å². The minimum atomic E-state index is -0.731. The summed E-state index contributed by atoms with van der Waals surface area (Å²) in [7, 11) is 1.57. The van der Waals surface area contributed by atoms with Gasteiger partial charge in [0.05, 0.1) is 6.54 Å². The van der Waals surface area contributed by atoms with Crippen molar-refractivity contribution in [3.63, 3.8) is 0 Å². The second-order valence-electron chi connectivity index (χ2n) is 4.04. The Bertz CT molecular complexity index is 406. The van der Waals surface area contributed by atoms with Crippen LogP contribution in [0.1, 0.15) is 18.5 Å². The molecule has 0 unspecified atom stereocenters. The van der Waals surface area contributed by atoms with Crippen molar-refractivity contribution in [1.82, 2.24) is 10.2 Å². The molecule has 1 aromatic rings. The van der Waals surface area contributed by atoms with Crippen molar-refractivity contribution in [3.8, 4) is 0 Å². The highest BCUT2D eigenvalue weighted by Crippen LogP contribution is 2.11. The quantitative estimate of drug-likeness (QED) is 0.787. The first-order valence-electron chi connectivity index (χ1n) is 5.88. The lowest BCUT2D eigenvalue weighted by Crippen LogP contribution is -2.42. The SMILES string of the molecule is CCNC(=O)CN(C)C(=O)[C@H](N)c1ccccc1. The van der Waals surface area contributed by atoms with Crippen LogP contribution < -0.4 is 11.1 Å². The molecular weight excluding hydrogens is 230 g/mol. The average Bonchev–Trinajstić information content (AvgIpc) is 2.38. The van der Waals surface area contributed by atoms with E-state index in [1.165, 1.54) is 4.90 Å². The molecule has 0 aliphatic heterocycles. The summed E-state index contributed by atoms with van der Waals surface area (Å²) in [5.41, 5.74) is 6.61. The van der Waals surface area contributed by atoms with Crippen molar-refractivity contribution in [2.45, 2.75) is 13.0 Å². The van der Waals surface area contributed by atoms with Crippen LogP contribution in [0.5, 0.6) is 0 Å². The highest BCUT2D eigenvalue weighted by atomic mass is 16.2. The number of amides is 2. The van der Waals surface area contributed by atoms with Crippen molar-refractivity contribution in [2.24, 2.45) is 5.73 Å². The third-order valence-corrected chi connectivity index (χ3v) is 2.56. The van der Waals surface area contributed by atoms with Gasteiger partial charge in [0.25, 0.3) is 0 Å². The van der Waals surface area contributed by atoms with Crippen LogP contribution in [0.3, 0.4) is 0 Å². The van der Waals surface area contributed by atoms with Crippen LogP contribution in [0.25, 0.3) is 0 Å². The zero-order valence-electron chi connectivity index (χ0n) is 10.7. The highest BCUT2D eigenvalue weighted by molar-refractivity contribution is 5.87. The average molecular weight is 249 g/mol. The summed E-state index contributed by atoms with van der Waals surface area (Å²) in [4.78, 5) is 24.7. The number of nitrogens with zero attached hydrogens (tertiary/aromatic N) is 1. The maximum atomic E-state index is 12.0. The minimum Gasteiger partial charge on any atom is -0.355 e. The highest BCUT2D eigenvalue weighted by Gasteiger charge is 2.20. The molecule has 0 heterocycles. The molecule has 1 atom stereocenters. The van der Waals surface area contributed by atoms with Crippen LogP contribution in [-0.4, -0.2) is 36.9 Å². The fraction of sp³-hybridized carbons (Fsp3) is 0.385. The van der Waals surface area contributed by atoms with Crippen LogP contribution in [-0.2, 0) is 9.59 Å². The van der Waals surface area contributed by atoms with Gasteiger partial charge in [-0.15, -0.1) is 0 Å². The van der Waals surface area contributed by atoms with Crippen molar-refractivity contribution >= 4 is 11.8 Å². The fourth-order valence-corrected chi connectivity index (χ4v) is 1.59. The van der Waals surface area contributed by atoms with Crippen LogP contribution in [0, 0.1) is 0 Å². The van der Waals surface area contributed by atoms with Crippen LogP contribution in [0.15, 0.2) is 30.3 Å². The van der Waals surface area contributed by atoms with Crippen molar-refractivity contribution in [1.29, 1.82) is 0 Å². The van der Waals surface area contributed by atoms with Crippen LogP contribution in [0.2, 0.25) is 0 Å². The smallest absolute Gasteiger partial charge is 0.244 e. The number of hydrogen-bond acceptors (Lipinski definition) is 3. The zero-order chi connectivity index (χ0) is 13.5. The van der Waals surface area contributed by atoms with Gasteiger partial charge in [0.2, 0.25) is 11.8 Å². The molecule has 18 heavy (non-hydrogen) atoms. The second-order valence-corrected chi connectivity index (χ2v) is 4.04. The molecule has 1 rings (SSSR count). The van der Waals surface area contributed by atoms with Gasteiger partial charge >= 0.3 is 0 Å². The molecule has 0 aromatic heterocycles. The Morgan fingerprint density at radius 1 is 1.33 bits per heavy atom. The van der Waals surface area contributed by atoms with Crippen molar-refractivity contribution in [3.05, 3.63) is 35.9 Å². The Morgan fingerprint density at radius 2 is 1.94 bits per heavy atom. The first-order valence-corrected chi connectivity index (χ1v) is 5.88. The molecule has 0 fully saturated rings. The lowest BCUT2D eigenvalue weighted by molar-refractivity contribution is -0.135. The molecule has 2 amide bonds. The maximum Gasteiger partial charge on any atom is 0.244 e. The summed E-state index contributed by atoms with van der Waals surface area (Å²) in [6.07, 6.45) is 0. The molecule has 0 radical (unpaired) electrons. The molecule has 1 aromatic carbocycles. The van der Waals surface area contributed by atoms with Gasteiger partial charge in [-0.05, 0) is 12.5 Å². The van der Waals surface area contributed by atoms with Crippen LogP contribution in [0.4, 0.5) is 0 Å². The number of carbonyl (C=O) groups is 2. The second kappa shape index (κ2) is 6.76. The number of carbonyl (C=O) groups excluding carboxylic acids is 2. The summed E-state index contributed by atoms with van der Waals surface area (Å²) >= 11 is 0. The zero-order valence-corrected chi connectivity index (χ0v) is 10.7. The number of rotatable bonds is 5. The van der Waals surface area contributed by atoms with Gasteiger partial charge in [0.1, 0.15) is 6.04 Å². The minimum absolute atomic E-state index is 0.0210. The standard InChI is InChI=1S/C13H19N3O2/c1-3-15-11(17)9-16(2)13(18)12(14)10-7-5-4-6-8-10/h4-8,12H,3,9,14H2,1-2H3,(H,15,17)/t12-/m1/s1.